The Balaban J connectivity index is 0.00000182. The van der Waals surface area contributed by atoms with Gasteiger partial charge in [-0.25, -0.2) is 0 Å². The highest BCUT2D eigenvalue weighted by atomic mass is 35.5. The van der Waals surface area contributed by atoms with Crippen molar-refractivity contribution in [3.63, 3.8) is 0 Å². The van der Waals surface area contributed by atoms with Gasteiger partial charge in [0.25, 0.3) is 0 Å². The summed E-state index contributed by atoms with van der Waals surface area (Å²) in [4.78, 5) is 28.7. The minimum Gasteiger partial charge on any atom is -0.339 e. The molecule has 1 aliphatic heterocycles. The molecule has 4 saturated carbocycles. The maximum atomic E-state index is 12.8. The first-order valence-corrected chi connectivity index (χ1v) is 9.75. The Morgan fingerprint density at radius 2 is 1.56 bits per heavy atom. The fraction of sp³-hybridized carbons (Fsp3) is 0.895. The molecule has 5 rings (SSSR count). The van der Waals surface area contributed by atoms with Crippen LogP contribution in [0.4, 0.5) is 0 Å². The molecule has 5 nitrogen and oxygen atoms in total. The van der Waals surface area contributed by atoms with E-state index in [-0.39, 0.29) is 36.2 Å². The summed E-state index contributed by atoms with van der Waals surface area (Å²) >= 11 is 0. The van der Waals surface area contributed by atoms with Crippen molar-refractivity contribution in [2.24, 2.45) is 23.2 Å². The van der Waals surface area contributed by atoms with Crippen molar-refractivity contribution < 1.29 is 9.59 Å². The van der Waals surface area contributed by atoms with Gasteiger partial charge in [-0.15, -0.1) is 12.4 Å². The number of carbonyl (C=O) groups is 2. The molecule has 1 saturated heterocycles. The van der Waals surface area contributed by atoms with Gasteiger partial charge in [-0.1, -0.05) is 0 Å². The van der Waals surface area contributed by atoms with Gasteiger partial charge in [0.1, 0.15) is 0 Å². The predicted molar refractivity (Wildman–Crippen MR) is 99.6 cm³/mol. The molecule has 0 aromatic heterocycles. The Labute approximate surface area is 157 Å². The monoisotopic (exact) mass is 369 g/mol. The molecular formula is C19H32ClN3O2. The van der Waals surface area contributed by atoms with Crippen LogP contribution in [-0.2, 0) is 9.59 Å². The van der Waals surface area contributed by atoms with E-state index < -0.39 is 0 Å². The number of halogens is 1. The molecule has 1 heterocycles. The highest BCUT2D eigenvalue weighted by molar-refractivity contribution is 5.85. The van der Waals surface area contributed by atoms with Crippen molar-refractivity contribution in [2.45, 2.75) is 44.9 Å². The number of hydrogen-bond donors (Lipinski definition) is 1. The van der Waals surface area contributed by atoms with Gasteiger partial charge in [-0.3, -0.25) is 9.59 Å². The molecule has 0 radical (unpaired) electrons. The average molecular weight is 370 g/mol. The number of piperazine rings is 1. The Bertz CT molecular complexity index is 484. The predicted octanol–water partition coefficient (Wildman–Crippen LogP) is 1.90. The molecule has 0 spiro atoms. The summed E-state index contributed by atoms with van der Waals surface area (Å²) in [6.07, 6.45) is 8.65. The minimum absolute atomic E-state index is 0. The largest absolute Gasteiger partial charge is 0.339 e. The third kappa shape index (κ3) is 3.97. The fourth-order valence-corrected chi connectivity index (χ4v) is 6.27. The molecule has 0 atom stereocenters. The van der Waals surface area contributed by atoms with E-state index >= 15 is 0 Å². The zero-order valence-electron chi connectivity index (χ0n) is 15.3. The summed E-state index contributed by atoms with van der Waals surface area (Å²) in [5.74, 6) is 2.89. The third-order valence-corrected chi connectivity index (χ3v) is 6.96. The lowest BCUT2D eigenvalue weighted by Crippen LogP contribution is -2.51. The van der Waals surface area contributed by atoms with E-state index in [1.165, 1.54) is 38.5 Å². The minimum atomic E-state index is 0. The number of hydrogen-bond acceptors (Lipinski definition) is 3. The molecular weight excluding hydrogens is 338 g/mol. The zero-order valence-corrected chi connectivity index (χ0v) is 16.2. The van der Waals surface area contributed by atoms with E-state index in [1.807, 2.05) is 11.9 Å². The van der Waals surface area contributed by atoms with Crippen LogP contribution in [0.3, 0.4) is 0 Å². The topological polar surface area (TPSA) is 52.7 Å². The van der Waals surface area contributed by atoms with Crippen molar-refractivity contribution >= 4 is 24.2 Å². The molecule has 5 fully saturated rings. The van der Waals surface area contributed by atoms with Crippen molar-refractivity contribution in [1.29, 1.82) is 0 Å². The van der Waals surface area contributed by atoms with E-state index in [1.54, 1.807) is 4.90 Å². The van der Waals surface area contributed by atoms with Crippen LogP contribution in [0.15, 0.2) is 0 Å². The third-order valence-electron chi connectivity index (χ3n) is 6.96. The van der Waals surface area contributed by atoms with Gasteiger partial charge < -0.3 is 15.1 Å². The smallest absolute Gasteiger partial charge is 0.242 e. The second-order valence-corrected chi connectivity index (χ2v) is 8.97. The number of carbonyl (C=O) groups excluding carboxylic acids is 2. The van der Waals surface area contributed by atoms with Gasteiger partial charge >= 0.3 is 0 Å². The SMILES string of the molecule is CN(CC(=O)N1CCNCC1)C(=O)CC12CC3CC(CC(C3)C1)C2.Cl. The van der Waals surface area contributed by atoms with Gasteiger partial charge in [0.05, 0.1) is 6.54 Å². The molecule has 1 N–H and O–H groups in total. The van der Waals surface area contributed by atoms with Gasteiger partial charge in [-0.2, -0.15) is 0 Å². The van der Waals surface area contributed by atoms with Crippen molar-refractivity contribution in [3.8, 4) is 0 Å². The Hall–Kier alpha value is -0.810. The summed E-state index contributed by atoms with van der Waals surface area (Å²) in [5.41, 5.74) is 0.262. The number of nitrogens with one attached hydrogen (secondary N) is 1. The van der Waals surface area contributed by atoms with E-state index in [0.717, 1.165) is 43.9 Å². The summed E-state index contributed by atoms with van der Waals surface area (Å²) in [5, 5.41) is 3.26. The maximum Gasteiger partial charge on any atom is 0.242 e. The Morgan fingerprint density at radius 3 is 2.08 bits per heavy atom. The number of rotatable bonds is 4. The molecule has 4 aliphatic carbocycles. The molecule has 5 aliphatic rings. The molecule has 0 aromatic carbocycles. The first kappa shape index (κ1) is 19.0. The number of nitrogens with zero attached hydrogens (tertiary/aromatic N) is 2. The van der Waals surface area contributed by atoms with E-state index in [4.69, 9.17) is 0 Å². The van der Waals surface area contributed by atoms with Crippen LogP contribution in [0.2, 0.25) is 0 Å². The highest BCUT2D eigenvalue weighted by Gasteiger charge is 2.51. The quantitative estimate of drug-likeness (QED) is 0.823. The molecule has 142 valence electrons. The van der Waals surface area contributed by atoms with E-state index in [9.17, 15) is 9.59 Å². The lowest BCUT2D eigenvalue weighted by atomic mass is 9.49. The van der Waals surface area contributed by atoms with Crippen LogP contribution >= 0.6 is 12.4 Å². The summed E-state index contributed by atoms with van der Waals surface area (Å²) in [6, 6.07) is 0. The van der Waals surface area contributed by atoms with Crippen LogP contribution in [0.1, 0.15) is 44.9 Å². The first-order chi connectivity index (χ1) is 11.5. The van der Waals surface area contributed by atoms with Gasteiger partial charge in [-0.05, 0) is 61.7 Å². The normalized spacial score (nSPS) is 36.0. The zero-order chi connectivity index (χ0) is 16.7. The van der Waals surface area contributed by atoms with Gasteiger partial charge in [0, 0.05) is 39.6 Å². The van der Waals surface area contributed by atoms with Crippen LogP contribution in [-0.4, -0.2) is 61.4 Å². The van der Waals surface area contributed by atoms with Gasteiger partial charge in [0.2, 0.25) is 11.8 Å². The van der Waals surface area contributed by atoms with Crippen molar-refractivity contribution in [3.05, 3.63) is 0 Å². The second-order valence-electron chi connectivity index (χ2n) is 8.97. The maximum absolute atomic E-state index is 12.8. The lowest BCUT2D eigenvalue weighted by Gasteiger charge is -2.56. The standard InChI is InChI=1S/C19H31N3O2.ClH/c1-21(13-18(24)22-4-2-20-3-5-22)17(23)12-19-9-14-6-15(10-19)8-16(7-14)11-19;/h14-16,20H,2-13H2,1H3;1H. The Kier molecular flexibility index (Phi) is 5.64. The van der Waals surface area contributed by atoms with Crippen LogP contribution < -0.4 is 5.32 Å². The summed E-state index contributed by atoms with van der Waals surface area (Å²) in [7, 11) is 1.81. The molecule has 2 amide bonds. The summed E-state index contributed by atoms with van der Waals surface area (Å²) in [6.45, 7) is 3.48. The summed E-state index contributed by atoms with van der Waals surface area (Å²) < 4.78 is 0. The van der Waals surface area contributed by atoms with Crippen molar-refractivity contribution in [2.75, 3.05) is 39.8 Å². The van der Waals surface area contributed by atoms with Crippen LogP contribution in [0, 0.1) is 23.2 Å². The lowest BCUT2D eigenvalue weighted by molar-refractivity contribution is -0.144. The first-order valence-electron chi connectivity index (χ1n) is 9.75. The number of amides is 2. The van der Waals surface area contributed by atoms with Crippen LogP contribution in [0.25, 0.3) is 0 Å². The van der Waals surface area contributed by atoms with E-state index in [2.05, 4.69) is 5.32 Å². The van der Waals surface area contributed by atoms with Gasteiger partial charge in [0.15, 0.2) is 0 Å². The molecule has 6 heteroatoms. The second kappa shape index (κ2) is 7.43. The Morgan fingerprint density at radius 1 is 1.04 bits per heavy atom. The van der Waals surface area contributed by atoms with Crippen molar-refractivity contribution in [1.82, 2.24) is 15.1 Å². The van der Waals surface area contributed by atoms with E-state index in [0.29, 0.717) is 6.42 Å². The number of likely N-dealkylation sites (N-methyl/N-ethyl adjacent to an activating group) is 1. The molecule has 25 heavy (non-hydrogen) atoms. The molecule has 0 aromatic rings. The highest BCUT2D eigenvalue weighted by Crippen LogP contribution is 2.61. The molecule has 0 unspecified atom stereocenters. The molecule has 4 bridgehead atoms. The average Bonchev–Trinajstić information content (AvgIpc) is 2.53. The van der Waals surface area contributed by atoms with Crippen LogP contribution in [0.5, 0.6) is 0 Å². The fourth-order valence-electron chi connectivity index (χ4n) is 6.27.